The van der Waals surface area contributed by atoms with Gasteiger partial charge in [0.1, 0.15) is 0 Å². The van der Waals surface area contributed by atoms with Crippen molar-refractivity contribution in [3.05, 3.63) is 0 Å². The molecule has 0 atom stereocenters. The third-order valence-electron chi connectivity index (χ3n) is 4.05. The molecule has 7 heteroatoms. The lowest BCUT2D eigenvalue weighted by atomic mass is 10.1. The Morgan fingerprint density at radius 2 is 1.71 bits per heavy atom. The Bertz CT molecular complexity index is 420. The van der Waals surface area contributed by atoms with Crippen LogP contribution in [-0.4, -0.2) is 62.6 Å². The average Bonchev–Trinajstić information content (AvgIpc) is 2.42. The molecule has 0 radical (unpaired) electrons. The highest BCUT2D eigenvalue weighted by Gasteiger charge is 2.32. The molecule has 2 saturated heterocycles. The summed E-state index contributed by atoms with van der Waals surface area (Å²) >= 11 is 0. The summed E-state index contributed by atoms with van der Waals surface area (Å²) in [5.41, 5.74) is 0. The van der Waals surface area contributed by atoms with Crippen LogP contribution in [0.5, 0.6) is 0 Å². The van der Waals surface area contributed by atoms with E-state index in [-0.39, 0.29) is 11.8 Å². The van der Waals surface area contributed by atoms with Gasteiger partial charge in [-0.15, -0.1) is 0 Å². The van der Waals surface area contributed by atoms with Crippen LogP contribution in [0.2, 0.25) is 0 Å². The van der Waals surface area contributed by atoms with Crippen molar-refractivity contribution >= 4 is 10.0 Å². The van der Waals surface area contributed by atoms with E-state index in [1.165, 1.54) is 0 Å². The van der Waals surface area contributed by atoms with Crippen molar-refractivity contribution in [3.8, 4) is 0 Å². The predicted octanol–water partition coefficient (Wildman–Crippen LogP) is 0.932. The van der Waals surface area contributed by atoms with E-state index in [1.54, 1.807) is 4.31 Å². The zero-order valence-electron chi connectivity index (χ0n) is 13.3. The van der Waals surface area contributed by atoms with Gasteiger partial charge in [-0.25, -0.2) is 12.7 Å². The molecule has 0 aromatic carbocycles. The van der Waals surface area contributed by atoms with E-state index < -0.39 is 15.8 Å². The van der Waals surface area contributed by atoms with Gasteiger partial charge in [0.15, 0.2) is 5.79 Å². The Morgan fingerprint density at radius 3 is 2.24 bits per heavy atom. The van der Waals surface area contributed by atoms with Crippen molar-refractivity contribution in [1.29, 1.82) is 0 Å². The van der Waals surface area contributed by atoms with E-state index in [9.17, 15) is 8.42 Å². The summed E-state index contributed by atoms with van der Waals surface area (Å²) in [6.07, 6.45) is 2.37. The maximum Gasteiger partial charge on any atom is 0.214 e. The number of ether oxygens (including phenoxy) is 2. The van der Waals surface area contributed by atoms with Crippen molar-refractivity contribution in [2.24, 2.45) is 0 Å². The smallest absolute Gasteiger partial charge is 0.214 e. The largest absolute Gasteiger partial charge is 0.349 e. The first-order chi connectivity index (χ1) is 9.82. The second kappa shape index (κ2) is 6.91. The fourth-order valence-corrected chi connectivity index (χ4v) is 4.35. The molecule has 1 N–H and O–H groups in total. The number of nitrogens with one attached hydrogen (secondary N) is 1. The van der Waals surface area contributed by atoms with E-state index in [0.29, 0.717) is 38.8 Å². The Kier molecular flexibility index (Phi) is 5.65. The highest BCUT2D eigenvalue weighted by Crippen LogP contribution is 2.19. The summed E-state index contributed by atoms with van der Waals surface area (Å²) in [6, 6.07) is 0.540. The first-order valence-corrected chi connectivity index (χ1v) is 9.45. The lowest BCUT2D eigenvalue weighted by Crippen LogP contribution is -2.54. The van der Waals surface area contributed by atoms with Crippen LogP contribution in [0.15, 0.2) is 0 Å². The summed E-state index contributed by atoms with van der Waals surface area (Å²) in [7, 11) is -3.05. The van der Waals surface area contributed by atoms with Gasteiger partial charge < -0.3 is 14.8 Å². The summed E-state index contributed by atoms with van der Waals surface area (Å²) < 4.78 is 36.9. The maximum atomic E-state index is 12.0. The van der Waals surface area contributed by atoms with Crippen LogP contribution in [0.4, 0.5) is 0 Å². The third-order valence-corrected chi connectivity index (χ3v) is 6.12. The molecule has 2 rings (SSSR count). The molecule has 124 valence electrons. The maximum absolute atomic E-state index is 12.0. The van der Waals surface area contributed by atoms with Crippen LogP contribution in [0, 0.1) is 0 Å². The minimum Gasteiger partial charge on any atom is -0.349 e. The minimum atomic E-state index is -3.05. The minimum absolute atomic E-state index is 0.196. The summed E-state index contributed by atoms with van der Waals surface area (Å²) in [5.74, 6) is -0.236. The van der Waals surface area contributed by atoms with Gasteiger partial charge in [0, 0.05) is 19.1 Å². The van der Waals surface area contributed by atoms with Crippen LogP contribution in [-0.2, 0) is 19.5 Å². The van der Waals surface area contributed by atoms with E-state index in [1.807, 2.05) is 20.8 Å². The first kappa shape index (κ1) is 17.1. The zero-order chi connectivity index (χ0) is 15.5. The van der Waals surface area contributed by atoms with E-state index >= 15 is 0 Å². The quantitative estimate of drug-likeness (QED) is 0.816. The van der Waals surface area contributed by atoms with Gasteiger partial charge in [0.05, 0.1) is 25.0 Å². The van der Waals surface area contributed by atoms with Gasteiger partial charge in [-0.05, 0) is 33.1 Å². The van der Waals surface area contributed by atoms with Gasteiger partial charge in [-0.2, -0.15) is 0 Å². The zero-order valence-corrected chi connectivity index (χ0v) is 14.1. The SMILES string of the molecule is CCCS(=O)(=O)N1CCC(NC2COC(C)(C)OC2)CC1. The number of hydrogen-bond acceptors (Lipinski definition) is 5. The summed E-state index contributed by atoms with van der Waals surface area (Å²) in [5, 5.41) is 3.53. The van der Waals surface area contributed by atoms with Gasteiger partial charge >= 0.3 is 0 Å². The lowest BCUT2D eigenvalue weighted by molar-refractivity contribution is -0.253. The molecule has 0 spiro atoms. The van der Waals surface area contributed by atoms with Gasteiger partial charge in [0.2, 0.25) is 10.0 Å². The molecule has 2 aliphatic heterocycles. The highest BCUT2D eigenvalue weighted by molar-refractivity contribution is 7.89. The monoisotopic (exact) mass is 320 g/mol. The summed E-state index contributed by atoms with van der Waals surface area (Å²) in [4.78, 5) is 0. The Hall–Kier alpha value is -0.210. The van der Waals surface area contributed by atoms with Gasteiger partial charge in [-0.1, -0.05) is 6.92 Å². The van der Waals surface area contributed by atoms with E-state index in [2.05, 4.69) is 5.32 Å². The fourth-order valence-electron chi connectivity index (χ4n) is 2.81. The van der Waals surface area contributed by atoms with Crippen molar-refractivity contribution in [2.45, 2.75) is 57.9 Å². The third kappa shape index (κ3) is 4.89. The van der Waals surface area contributed by atoms with Crippen LogP contribution in [0.25, 0.3) is 0 Å². The first-order valence-electron chi connectivity index (χ1n) is 7.84. The molecule has 21 heavy (non-hydrogen) atoms. The Labute approximate surface area is 128 Å². The van der Waals surface area contributed by atoms with Gasteiger partial charge in [-0.3, -0.25) is 0 Å². The molecule has 0 aromatic rings. The molecular formula is C14H28N2O4S. The second-order valence-corrected chi connectivity index (χ2v) is 8.46. The number of hydrogen-bond donors (Lipinski definition) is 1. The molecule has 0 bridgehead atoms. The summed E-state index contributed by atoms with van der Waals surface area (Å²) in [6.45, 7) is 8.24. The van der Waals surface area contributed by atoms with E-state index in [0.717, 1.165) is 12.8 Å². The van der Waals surface area contributed by atoms with Crippen LogP contribution in [0.1, 0.15) is 40.0 Å². The van der Waals surface area contributed by atoms with Crippen molar-refractivity contribution in [3.63, 3.8) is 0 Å². The number of piperidine rings is 1. The van der Waals surface area contributed by atoms with Crippen molar-refractivity contribution in [2.75, 3.05) is 32.1 Å². The number of rotatable bonds is 5. The molecule has 6 nitrogen and oxygen atoms in total. The molecule has 0 amide bonds. The van der Waals surface area contributed by atoms with Crippen LogP contribution >= 0.6 is 0 Å². The second-order valence-electron chi connectivity index (χ2n) is 6.37. The van der Waals surface area contributed by atoms with Crippen LogP contribution in [0.3, 0.4) is 0 Å². The average molecular weight is 320 g/mol. The van der Waals surface area contributed by atoms with Crippen molar-refractivity contribution < 1.29 is 17.9 Å². The molecular weight excluding hydrogens is 292 g/mol. The highest BCUT2D eigenvalue weighted by atomic mass is 32.2. The van der Waals surface area contributed by atoms with Crippen molar-refractivity contribution in [1.82, 2.24) is 9.62 Å². The molecule has 0 unspecified atom stereocenters. The molecule has 2 fully saturated rings. The molecule has 0 saturated carbocycles. The molecule has 2 aliphatic rings. The molecule has 0 aromatic heterocycles. The standard InChI is InChI=1S/C14H28N2O4S/c1-4-9-21(17,18)16-7-5-12(6-8-16)15-13-10-19-14(2,3)20-11-13/h12-13,15H,4-11H2,1-3H3. The Balaban J connectivity index is 1.75. The topological polar surface area (TPSA) is 67.9 Å². The fraction of sp³-hybridized carbons (Fsp3) is 1.00. The molecule has 2 heterocycles. The number of sulfonamides is 1. The lowest BCUT2D eigenvalue weighted by Gasteiger charge is -2.38. The van der Waals surface area contributed by atoms with Crippen LogP contribution < -0.4 is 5.32 Å². The number of nitrogens with zero attached hydrogens (tertiary/aromatic N) is 1. The Morgan fingerprint density at radius 1 is 1.14 bits per heavy atom. The van der Waals surface area contributed by atoms with E-state index in [4.69, 9.17) is 9.47 Å². The predicted molar refractivity (Wildman–Crippen MR) is 81.6 cm³/mol. The molecule has 0 aliphatic carbocycles. The normalized spacial score (nSPS) is 26.0. The van der Waals surface area contributed by atoms with Gasteiger partial charge in [0.25, 0.3) is 0 Å².